The van der Waals surface area contributed by atoms with Crippen molar-refractivity contribution < 1.29 is 9.53 Å². The molecule has 1 aromatic carbocycles. The topological polar surface area (TPSA) is 70.6 Å². The minimum absolute atomic E-state index is 0.0637. The van der Waals surface area contributed by atoms with Gasteiger partial charge in [0.2, 0.25) is 0 Å². The summed E-state index contributed by atoms with van der Waals surface area (Å²) in [5.74, 6) is 3.53. The molecule has 0 bridgehead atoms. The van der Waals surface area contributed by atoms with Gasteiger partial charge in [0.1, 0.15) is 22.2 Å². The Morgan fingerprint density at radius 1 is 1.18 bits per heavy atom. The molecular weight excluding hydrogens is 446 g/mol. The molecule has 0 spiro atoms. The van der Waals surface area contributed by atoms with E-state index in [2.05, 4.69) is 24.1 Å². The number of nitrogens with zero attached hydrogens (tertiary/aromatic N) is 4. The van der Waals surface area contributed by atoms with E-state index in [1.54, 1.807) is 7.11 Å². The highest BCUT2D eigenvalue weighted by atomic mass is 32.1. The Kier molecular flexibility index (Phi) is 6.59. The van der Waals surface area contributed by atoms with Crippen molar-refractivity contribution in [3.63, 3.8) is 0 Å². The second kappa shape index (κ2) is 9.78. The van der Waals surface area contributed by atoms with Gasteiger partial charge in [-0.25, -0.2) is 14.8 Å². The fourth-order valence-corrected chi connectivity index (χ4v) is 6.32. The van der Waals surface area contributed by atoms with Crippen molar-refractivity contribution >= 4 is 39.1 Å². The molecule has 3 aromatic rings. The van der Waals surface area contributed by atoms with Gasteiger partial charge in [-0.3, -0.25) is 0 Å². The number of thiophene rings is 1. The standard InChI is InChI=1S/C26H33N5O2S/c1-4-5-22-28-24(23-20-11-6-17(2)16-21(20)34-25(23)29-22)30-12-14-31(15-13-30)26(32)27-18-7-9-19(33-3)10-8-18/h7-10,17H,4-6,11-16H2,1-3H3,(H,27,32)/t17-/m1/s1. The molecule has 3 heterocycles. The first-order chi connectivity index (χ1) is 16.6. The van der Waals surface area contributed by atoms with Crippen LogP contribution in [0.4, 0.5) is 16.3 Å². The van der Waals surface area contributed by atoms with Gasteiger partial charge in [-0.2, -0.15) is 0 Å². The van der Waals surface area contributed by atoms with Gasteiger partial charge in [0.05, 0.1) is 12.5 Å². The van der Waals surface area contributed by atoms with Gasteiger partial charge >= 0.3 is 6.03 Å². The predicted molar refractivity (Wildman–Crippen MR) is 138 cm³/mol. The molecule has 0 saturated carbocycles. The number of fused-ring (bicyclic) bond motifs is 3. The van der Waals surface area contributed by atoms with Crippen LogP contribution in [0.5, 0.6) is 5.75 Å². The molecule has 180 valence electrons. The highest BCUT2D eigenvalue weighted by molar-refractivity contribution is 7.19. The van der Waals surface area contributed by atoms with Crippen LogP contribution in [-0.2, 0) is 19.3 Å². The zero-order valence-electron chi connectivity index (χ0n) is 20.3. The minimum atomic E-state index is -0.0637. The largest absolute Gasteiger partial charge is 0.497 e. The highest BCUT2D eigenvalue weighted by Crippen LogP contribution is 2.41. The van der Waals surface area contributed by atoms with Crippen molar-refractivity contribution in [1.82, 2.24) is 14.9 Å². The van der Waals surface area contributed by atoms with Crippen LogP contribution in [0.3, 0.4) is 0 Å². The Labute approximate surface area is 205 Å². The van der Waals surface area contributed by atoms with Crippen molar-refractivity contribution in [3.8, 4) is 5.75 Å². The zero-order chi connectivity index (χ0) is 23.7. The molecule has 7 nitrogen and oxygen atoms in total. The number of hydrogen-bond acceptors (Lipinski definition) is 6. The lowest BCUT2D eigenvalue weighted by Gasteiger charge is -2.36. The molecule has 0 radical (unpaired) electrons. The fraction of sp³-hybridized carbons (Fsp3) is 0.500. The molecule has 5 rings (SSSR count). The molecule has 1 aliphatic heterocycles. The molecule has 1 fully saturated rings. The lowest BCUT2D eigenvalue weighted by atomic mass is 9.89. The van der Waals surface area contributed by atoms with Crippen molar-refractivity contribution in [3.05, 3.63) is 40.5 Å². The Hall–Kier alpha value is -2.87. The number of piperazine rings is 1. The maximum atomic E-state index is 12.8. The number of aryl methyl sites for hydroxylation is 2. The number of carbonyl (C=O) groups is 1. The second-order valence-electron chi connectivity index (χ2n) is 9.38. The van der Waals surface area contributed by atoms with Crippen LogP contribution in [0.1, 0.15) is 43.0 Å². The third-order valence-corrected chi connectivity index (χ3v) is 8.01. The third-order valence-electron chi connectivity index (χ3n) is 6.86. The average Bonchev–Trinajstić information content (AvgIpc) is 3.21. The number of aromatic nitrogens is 2. The predicted octanol–water partition coefficient (Wildman–Crippen LogP) is 5.13. The maximum absolute atomic E-state index is 12.8. The van der Waals surface area contributed by atoms with Crippen LogP contribution in [0, 0.1) is 5.92 Å². The van der Waals surface area contributed by atoms with Gasteiger partial charge in [0, 0.05) is 43.2 Å². The first-order valence-corrected chi connectivity index (χ1v) is 13.1. The van der Waals surface area contributed by atoms with Crippen LogP contribution < -0.4 is 15.0 Å². The summed E-state index contributed by atoms with van der Waals surface area (Å²) in [6.45, 7) is 7.40. The maximum Gasteiger partial charge on any atom is 0.321 e. The van der Waals surface area contributed by atoms with Gasteiger partial charge in [-0.1, -0.05) is 13.8 Å². The van der Waals surface area contributed by atoms with E-state index >= 15 is 0 Å². The van der Waals surface area contributed by atoms with Gasteiger partial charge in [-0.15, -0.1) is 11.3 Å². The van der Waals surface area contributed by atoms with E-state index in [4.69, 9.17) is 14.7 Å². The molecule has 1 aliphatic carbocycles. The number of rotatable bonds is 5. The molecule has 1 atom stereocenters. The van der Waals surface area contributed by atoms with E-state index in [1.165, 1.54) is 22.2 Å². The summed E-state index contributed by atoms with van der Waals surface area (Å²) in [4.78, 5) is 29.7. The number of urea groups is 1. The number of hydrogen-bond donors (Lipinski definition) is 1. The van der Waals surface area contributed by atoms with E-state index < -0.39 is 0 Å². The van der Waals surface area contributed by atoms with Crippen molar-refractivity contribution in [2.75, 3.05) is 43.5 Å². The Balaban J connectivity index is 1.34. The van der Waals surface area contributed by atoms with Crippen molar-refractivity contribution in [1.29, 1.82) is 0 Å². The Morgan fingerprint density at radius 2 is 1.94 bits per heavy atom. The van der Waals surface area contributed by atoms with E-state index in [9.17, 15) is 4.79 Å². The monoisotopic (exact) mass is 479 g/mol. The van der Waals surface area contributed by atoms with E-state index in [0.29, 0.717) is 13.1 Å². The van der Waals surface area contributed by atoms with E-state index in [-0.39, 0.29) is 6.03 Å². The van der Waals surface area contributed by atoms with E-state index in [0.717, 1.165) is 72.6 Å². The summed E-state index contributed by atoms with van der Waals surface area (Å²) in [5, 5.41) is 4.27. The van der Waals surface area contributed by atoms with Gasteiger partial charge in [-0.05, 0) is 61.4 Å². The lowest BCUT2D eigenvalue weighted by molar-refractivity contribution is 0.208. The summed E-state index contributed by atoms with van der Waals surface area (Å²) in [6.07, 6.45) is 5.43. The summed E-state index contributed by atoms with van der Waals surface area (Å²) in [6, 6.07) is 7.36. The van der Waals surface area contributed by atoms with Crippen LogP contribution in [0.2, 0.25) is 0 Å². The molecular formula is C26H33N5O2S. The molecule has 2 aromatic heterocycles. The van der Waals surface area contributed by atoms with Crippen LogP contribution in [-0.4, -0.2) is 54.2 Å². The molecule has 1 N–H and O–H groups in total. The minimum Gasteiger partial charge on any atom is -0.497 e. The highest BCUT2D eigenvalue weighted by Gasteiger charge is 2.28. The molecule has 8 heteroatoms. The van der Waals surface area contributed by atoms with Crippen molar-refractivity contribution in [2.45, 2.75) is 46.0 Å². The number of amides is 2. The molecule has 2 aliphatic rings. The number of nitrogens with one attached hydrogen (secondary N) is 1. The third kappa shape index (κ3) is 4.56. The molecule has 2 amide bonds. The molecule has 0 unspecified atom stereocenters. The Morgan fingerprint density at radius 3 is 2.65 bits per heavy atom. The number of carbonyl (C=O) groups excluding carboxylic acids is 1. The summed E-state index contributed by atoms with van der Waals surface area (Å²) in [7, 11) is 1.64. The lowest BCUT2D eigenvalue weighted by Crippen LogP contribution is -2.50. The second-order valence-corrected chi connectivity index (χ2v) is 10.5. The normalized spacial score (nSPS) is 18.1. The van der Waals surface area contributed by atoms with Gasteiger partial charge < -0.3 is 19.9 Å². The fourth-order valence-electron chi connectivity index (χ4n) is 4.93. The first kappa shape index (κ1) is 22.9. The molecule has 1 saturated heterocycles. The smallest absolute Gasteiger partial charge is 0.321 e. The summed E-state index contributed by atoms with van der Waals surface area (Å²) < 4.78 is 5.19. The quantitative estimate of drug-likeness (QED) is 0.549. The Bertz CT molecular complexity index is 1170. The van der Waals surface area contributed by atoms with Gasteiger partial charge in [0.15, 0.2) is 0 Å². The van der Waals surface area contributed by atoms with Crippen LogP contribution >= 0.6 is 11.3 Å². The van der Waals surface area contributed by atoms with Crippen molar-refractivity contribution in [2.24, 2.45) is 5.92 Å². The number of methoxy groups -OCH3 is 1. The van der Waals surface area contributed by atoms with Crippen LogP contribution in [0.25, 0.3) is 10.2 Å². The molecule has 34 heavy (non-hydrogen) atoms. The number of anilines is 2. The van der Waals surface area contributed by atoms with Crippen LogP contribution in [0.15, 0.2) is 24.3 Å². The number of benzene rings is 1. The summed E-state index contributed by atoms with van der Waals surface area (Å²) in [5.41, 5.74) is 2.24. The average molecular weight is 480 g/mol. The summed E-state index contributed by atoms with van der Waals surface area (Å²) >= 11 is 1.87. The number of ether oxygens (including phenoxy) is 1. The van der Waals surface area contributed by atoms with Gasteiger partial charge in [0.25, 0.3) is 0 Å². The first-order valence-electron chi connectivity index (χ1n) is 12.3. The van der Waals surface area contributed by atoms with E-state index in [1.807, 2.05) is 40.5 Å². The zero-order valence-corrected chi connectivity index (χ0v) is 21.1. The SMILES string of the molecule is CCCc1nc(N2CCN(C(=O)Nc3ccc(OC)cc3)CC2)c2c3c(sc2n1)C[C@H](C)CC3.